The molecule has 0 N–H and O–H groups in total. The molecule has 0 saturated heterocycles. The molecule has 1 aliphatic carbocycles. The van der Waals surface area contributed by atoms with Gasteiger partial charge in [0.2, 0.25) is 0 Å². The van der Waals surface area contributed by atoms with Crippen molar-refractivity contribution in [3.05, 3.63) is 0 Å². The standard InChI is InChI=1S/C24H47O/c25-23-19-14-12-10-8-6-4-2-1-3-5-7-9-11-13-16-20-24-21-17-15-18-22-24/h24H,1-23H2. The Morgan fingerprint density at radius 2 is 0.800 bits per heavy atom. The number of unbranched alkanes of at least 4 members (excludes halogenated alkanes) is 15. The molecule has 0 unspecified atom stereocenters. The van der Waals surface area contributed by atoms with Crippen LogP contribution in [0.5, 0.6) is 0 Å². The summed E-state index contributed by atoms with van der Waals surface area (Å²) in [5.74, 6) is 1.09. The molecule has 1 heteroatoms. The van der Waals surface area contributed by atoms with Crippen molar-refractivity contribution in [2.75, 3.05) is 6.61 Å². The lowest BCUT2D eigenvalue weighted by Crippen LogP contribution is -2.05. The Hall–Kier alpha value is -0.0400. The van der Waals surface area contributed by atoms with Gasteiger partial charge < -0.3 is 0 Å². The van der Waals surface area contributed by atoms with Crippen LogP contribution in [0.15, 0.2) is 0 Å². The van der Waals surface area contributed by atoms with E-state index in [0.29, 0.717) is 0 Å². The summed E-state index contributed by atoms with van der Waals surface area (Å²) in [5, 5.41) is 10.3. The van der Waals surface area contributed by atoms with Crippen LogP contribution in [0, 0.1) is 5.92 Å². The van der Waals surface area contributed by atoms with E-state index < -0.39 is 0 Å². The average molecular weight is 352 g/mol. The molecule has 0 atom stereocenters. The summed E-state index contributed by atoms with van der Waals surface area (Å²) in [6.07, 6.45) is 31.3. The van der Waals surface area contributed by atoms with Crippen molar-refractivity contribution in [2.24, 2.45) is 5.92 Å². The Morgan fingerprint density at radius 1 is 0.440 bits per heavy atom. The van der Waals surface area contributed by atoms with Gasteiger partial charge in [0.15, 0.2) is 0 Å². The van der Waals surface area contributed by atoms with Gasteiger partial charge in [-0.25, -0.2) is 5.11 Å². The first-order valence-corrected chi connectivity index (χ1v) is 12.0. The van der Waals surface area contributed by atoms with E-state index in [1.54, 1.807) is 0 Å². The normalized spacial score (nSPS) is 15.7. The van der Waals surface area contributed by atoms with Crippen LogP contribution in [-0.2, 0) is 5.11 Å². The van der Waals surface area contributed by atoms with Gasteiger partial charge in [0, 0.05) is 0 Å². The molecule has 1 saturated carbocycles. The fourth-order valence-corrected chi connectivity index (χ4v) is 4.49. The van der Waals surface area contributed by atoms with E-state index in [9.17, 15) is 5.11 Å². The van der Waals surface area contributed by atoms with Crippen LogP contribution in [-0.4, -0.2) is 6.61 Å². The highest BCUT2D eigenvalue weighted by Crippen LogP contribution is 2.28. The highest BCUT2D eigenvalue weighted by Gasteiger charge is 2.12. The summed E-state index contributed by atoms with van der Waals surface area (Å²) in [4.78, 5) is 0. The smallest absolute Gasteiger partial charge is 0.0822 e. The third-order valence-electron chi connectivity index (χ3n) is 6.23. The predicted molar refractivity (Wildman–Crippen MR) is 111 cm³/mol. The summed E-state index contributed by atoms with van der Waals surface area (Å²) in [6, 6.07) is 0. The molecule has 1 fully saturated rings. The topological polar surface area (TPSA) is 19.9 Å². The van der Waals surface area contributed by atoms with Crippen molar-refractivity contribution in [2.45, 2.75) is 141 Å². The van der Waals surface area contributed by atoms with E-state index in [4.69, 9.17) is 0 Å². The molecule has 25 heavy (non-hydrogen) atoms. The van der Waals surface area contributed by atoms with Gasteiger partial charge >= 0.3 is 0 Å². The maximum Gasteiger partial charge on any atom is 0.0822 e. The highest BCUT2D eigenvalue weighted by atomic mass is 16.2. The van der Waals surface area contributed by atoms with Crippen molar-refractivity contribution in [1.82, 2.24) is 0 Å². The molecule has 0 spiro atoms. The van der Waals surface area contributed by atoms with Crippen molar-refractivity contribution in [3.8, 4) is 0 Å². The van der Waals surface area contributed by atoms with Crippen LogP contribution in [0.3, 0.4) is 0 Å². The van der Waals surface area contributed by atoms with Crippen LogP contribution >= 0.6 is 0 Å². The second kappa shape index (κ2) is 18.7. The number of rotatable bonds is 18. The van der Waals surface area contributed by atoms with Crippen molar-refractivity contribution in [1.29, 1.82) is 0 Å². The van der Waals surface area contributed by atoms with Crippen LogP contribution < -0.4 is 0 Å². The number of hydrogen-bond acceptors (Lipinski definition) is 0. The van der Waals surface area contributed by atoms with E-state index >= 15 is 0 Å². The predicted octanol–water partition coefficient (Wildman–Crippen LogP) is 8.63. The molecule has 1 nitrogen and oxygen atoms in total. The molecule has 0 bridgehead atoms. The summed E-state index contributed by atoms with van der Waals surface area (Å²) >= 11 is 0. The second-order valence-electron chi connectivity index (χ2n) is 8.65. The third-order valence-corrected chi connectivity index (χ3v) is 6.23. The first kappa shape index (κ1) is 23.0. The summed E-state index contributed by atoms with van der Waals surface area (Å²) in [7, 11) is 0. The fourth-order valence-electron chi connectivity index (χ4n) is 4.49. The Morgan fingerprint density at radius 3 is 1.20 bits per heavy atom. The zero-order valence-corrected chi connectivity index (χ0v) is 17.2. The lowest BCUT2D eigenvalue weighted by molar-refractivity contribution is 0.186. The Bertz CT molecular complexity index is 244. The molecule has 0 heterocycles. The molecule has 0 aromatic heterocycles. The van der Waals surface area contributed by atoms with Crippen LogP contribution in [0.4, 0.5) is 0 Å². The van der Waals surface area contributed by atoms with Gasteiger partial charge in [-0.05, 0) is 12.3 Å². The lowest BCUT2D eigenvalue weighted by atomic mass is 9.85. The third kappa shape index (κ3) is 15.9. The fraction of sp³-hybridized carbons (Fsp3) is 1.00. The number of hydrogen-bond donors (Lipinski definition) is 0. The molecule has 0 amide bonds. The van der Waals surface area contributed by atoms with Gasteiger partial charge in [-0.3, -0.25) is 0 Å². The van der Waals surface area contributed by atoms with Gasteiger partial charge in [-0.1, -0.05) is 135 Å². The SMILES string of the molecule is [O]CCCCCCCCCCCCCCCCCCC1CCCCC1. The minimum Gasteiger partial charge on any atom is -0.237 e. The first-order valence-electron chi connectivity index (χ1n) is 12.0. The molecular weight excluding hydrogens is 304 g/mol. The quantitative estimate of drug-likeness (QED) is 0.220. The average Bonchev–Trinajstić information content (AvgIpc) is 2.65. The van der Waals surface area contributed by atoms with E-state index in [0.717, 1.165) is 18.8 Å². The monoisotopic (exact) mass is 351 g/mol. The molecular formula is C24H47O. The Balaban J connectivity index is 1.65. The molecule has 149 valence electrons. The lowest BCUT2D eigenvalue weighted by Gasteiger charge is -2.21. The molecule has 1 aliphatic rings. The van der Waals surface area contributed by atoms with Crippen LogP contribution in [0.25, 0.3) is 0 Å². The van der Waals surface area contributed by atoms with Gasteiger partial charge in [0.05, 0.1) is 6.61 Å². The van der Waals surface area contributed by atoms with Crippen molar-refractivity contribution < 1.29 is 5.11 Å². The van der Waals surface area contributed by atoms with Gasteiger partial charge in [-0.15, -0.1) is 0 Å². The largest absolute Gasteiger partial charge is 0.237 e. The van der Waals surface area contributed by atoms with Crippen LogP contribution in [0.2, 0.25) is 0 Å². The summed E-state index contributed by atoms with van der Waals surface area (Å²) in [5.41, 5.74) is 0. The Kier molecular flexibility index (Phi) is 17.2. The molecule has 1 radical (unpaired) electrons. The zero-order valence-electron chi connectivity index (χ0n) is 17.2. The maximum atomic E-state index is 10.3. The molecule has 0 aliphatic heterocycles. The van der Waals surface area contributed by atoms with E-state index in [1.807, 2.05) is 0 Å². The minimum atomic E-state index is 0.125. The van der Waals surface area contributed by atoms with E-state index in [-0.39, 0.29) is 6.61 Å². The first-order chi connectivity index (χ1) is 12.4. The van der Waals surface area contributed by atoms with E-state index in [1.165, 1.54) is 128 Å². The molecule has 0 aromatic rings. The van der Waals surface area contributed by atoms with Gasteiger partial charge in [0.1, 0.15) is 0 Å². The van der Waals surface area contributed by atoms with Gasteiger partial charge in [-0.2, -0.15) is 0 Å². The molecule has 0 aromatic carbocycles. The van der Waals surface area contributed by atoms with Crippen molar-refractivity contribution >= 4 is 0 Å². The van der Waals surface area contributed by atoms with E-state index in [2.05, 4.69) is 0 Å². The second-order valence-corrected chi connectivity index (χ2v) is 8.65. The summed E-state index contributed by atoms with van der Waals surface area (Å²) in [6.45, 7) is 0.125. The summed E-state index contributed by atoms with van der Waals surface area (Å²) < 4.78 is 0. The molecule has 1 rings (SSSR count). The van der Waals surface area contributed by atoms with Crippen LogP contribution in [0.1, 0.15) is 141 Å². The zero-order chi connectivity index (χ0) is 17.8. The minimum absolute atomic E-state index is 0.125. The van der Waals surface area contributed by atoms with Crippen molar-refractivity contribution in [3.63, 3.8) is 0 Å². The van der Waals surface area contributed by atoms with Gasteiger partial charge in [0.25, 0.3) is 0 Å². The Labute approximate surface area is 159 Å². The maximum absolute atomic E-state index is 10.3. The highest BCUT2D eigenvalue weighted by molar-refractivity contribution is 4.65.